The van der Waals surface area contributed by atoms with Gasteiger partial charge in [-0.1, -0.05) is 12.1 Å². The van der Waals surface area contributed by atoms with Crippen LogP contribution in [0.2, 0.25) is 0 Å². The maximum absolute atomic E-state index is 13.8. The van der Waals surface area contributed by atoms with Crippen LogP contribution in [0.3, 0.4) is 0 Å². The fourth-order valence-corrected chi connectivity index (χ4v) is 1.57. The van der Waals surface area contributed by atoms with E-state index < -0.39 is 5.82 Å². The second kappa shape index (κ2) is 4.87. The molecule has 4 N–H and O–H groups in total. The molecule has 1 heterocycles. The van der Waals surface area contributed by atoms with Crippen LogP contribution in [0.1, 0.15) is 6.92 Å². The van der Waals surface area contributed by atoms with E-state index in [1.165, 1.54) is 0 Å². The van der Waals surface area contributed by atoms with Gasteiger partial charge in [0.05, 0.1) is 6.61 Å². The Kier molecular flexibility index (Phi) is 3.27. The Hall–Kier alpha value is -2.37. The van der Waals surface area contributed by atoms with Crippen molar-refractivity contribution < 1.29 is 9.13 Å². The summed E-state index contributed by atoms with van der Waals surface area (Å²) >= 11 is 0. The molecule has 5 nitrogen and oxygen atoms in total. The molecule has 0 aliphatic rings. The van der Waals surface area contributed by atoms with Crippen LogP contribution in [-0.4, -0.2) is 16.6 Å². The van der Waals surface area contributed by atoms with Crippen molar-refractivity contribution in [1.29, 1.82) is 0 Å². The zero-order valence-electron chi connectivity index (χ0n) is 9.85. The van der Waals surface area contributed by atoms with E-state index in [1.807, 2.05) is 6.92 Å². The molecule has 0 aliphatic carbocycles. The number of ether oxygens (including phenoxy) is 1. The molecule has 0 saturated heterocycles. The van der Waals surface area contributed by atoms with Gasteiger partial charge in [-0.05, 0) is 19.1 Å². The van der Waals surface area contributed by atoms with Crippen LogP contribution in [0, 0.1) is 5.82 Å². The average Bonchev–Trinajstić information content (AvgIpc) is 2.34. The molecule has 2 rings (SSSR count). The summed E-state index contributed by atoms with van der Waals surface area (Å²) in [6.45, 7) is 2.40. The van der Waals surface area contributed by atoms with E-state index in [0.29, 0.717) is 17.9 Å². The monoisotopic (exact) mass is 248 g/mol. The molecule has 0 radical (unpaired) electrons. The number of hydrogen-bond acceptors (Lipinski definition) is 5. The summed E-state index contributed by atoms with van der Waals surface area (Å²) in [5.41, 5.74) is 11.5. The molecule has 1 aromatic carbocycles. The molecule has 18 heavy (non-hydrogen) atoms. The fourth-order valence-electron chi connectivity index (χ4n) is 1.57. The van der Waals surface area contributed by atoms with Crippen molar-refractivity contribution in [3.05, 3.63) is 30.1 Å². The van der Waals surface area contributed by atoms with E-state index in [-0.39, 0.29) is 17.5 Å². The van der Waals surface area contributed by atoms with Crippen LogP contribution < -0.4 is 16.2 Å². The second-order valence-corrected chi connectivity index (χ2v) is 3.59. The third-order valence-electron chi connectivity index (χ3n) is 2.31. The first-order valence-corrected chi connectivity index (χ1v) is 5.43. The summed E-state index contributed by atoms with van der Waals surface area (Å²) in [5.74, 6) is -0.381. The summed E-state index contributed by atoms with van der Waals surface area (Å²) in [6, 6.07) is 6.90. The first-order valence-electron chi connectivity index (χ1n) is 5.43. The van der Waals surface area contributed by atoms with Crippen LogP contribution in [-0.2, 0) is 0 Å². The fraction of sp³-hybridized carbons (Fsp3) is 0.167. The van der Waals surface area contributed by atoms with Gasteiger partial charge in [-0.15, -0.1) is 0 Å². The van der Waals surface area contributed by atoms with E-state index in [0.717, 1.165) is 0 Å². The van der Waals surface area contributed by atoms with Crippen molar-refractivity contribution in [3.63, 3.8) is 0 Å². The number of aromatic nitrogens is 2. The van der Waals surface area contributed by atoms with Gasteiger partial charge in [0.25, 0.3) is 0 Å². The SMILES string of the molecule is CCOc1cccc(-c2nc(N)nc(N)c2F)c1. The van der Waals surface area contributed by atoms with E-state index >= 15 is 0 Å². The third-order valence-corrected chi connectivity index (χ3v) is 2.31. The molecular formula is C12H13FN4O. The Labute approximate surface area is 104 Å². The molecule has 0 spiro atoms. The number of benzene rings is 1. The summed E-state index contributed by atoms with van der Waals surface area (Å²) in [5, 5.41) is 0. The largest absolute Gasteiger partial charge is 0.494 e. The quantitative estimate of drug-likeness (QED) is 0.865. The number of rotatable bonds is 3. The highest BCUT2D eigenvalue weighted by Crippen LogP contribution is 2.27. The molecule has 0 unspecified atom stereocenters. The van der Waals surface area contributed by atoms with Gasteiger partial charge >= 0.3 is 0 Å². The third kappa shape index (κ3) is 2.32. The summed E-state index contributed by atoms with van der Waals surface area (Å²) in [7, 11) is 0. The summed E-state index contributed by atoms with van der Waals surface area (Å²) in [6.07, 6.45) is 0. The van der Waals surface area contributed by atoms with E-state index in [4.69, 9.17) is 16.2 Å². The van der Waals surface area contributed by atoms with Gasteiger partial charge in [-0.3, -0.25) is 0 Å². The zero-order chi connectivity index (χ0) is 13.1. The van der Waals surface area contributed by atoms with Gasteiger partial charge in [-0.25, -0.2) is 9.37 Å². The Morgan fingerprint density at radius 3 is 2.78 bits per heavy atom. The Balaban J connectivity index is 2.51. The molecule has 0 saturated carbocycles. The van der Waals surface area contributed by atoms with Crippen molar-refractivity contribution in [2.75, 3.05) is 18.1 Å². The van der Waals surface area contributed by atoms with Crippen LogP contribution >= 0.6 is 0 Å². The lowest BCUT2D eigenvalue weighted by Gasteiger charge is -2.08. The van der Waals surface area contributed by atoms with Crippen molar-refractivity contribution in [3.8, 4) is 17.0 Å². The Bertz CT molecular complexity index is 574. The minimum Gasteiger partial charge on any atom is -0.494 e. The van der Waals surface area contributed by atoms with Gasteiger partial charge in [0.2, 0.25) is 5.95 Å². The molecule has 0 aliphatic heterocycles. The number of nitrogen functional groups attached to an aromatic ring is 2. The van der Waals surface area contributed by atoms with Gasteiger partial charge in [-0.2, -0.15) is 4.98 Å². The maximum atomic E-state index is 13.8. The van der Waals surface area contributed by atoms with Crippen molar-refractivity contribution in [2.45, 2.75) is 6.92 Å². The average molecular weight is 248 g/mol. The second-order valence-electron chi connectivity index (χ2n) is 3.59. The number of nitrogens with zero attached hydrogens (tertiary/aromatic N) is 2. The molecule has 0 fully saturated rings. The predicted octanol–water partition coefficient (Wildman–Crippen LogP) is 1.85. The lowest BCUT2D eigenvalue weighted by atomic mass is 10.1. The molecule has 2 aromatic rings. The standard InChI is InChI=1S/C12H13FN4O/c1-2-18-8-5-3-4-7(6-8)10-9(13)11(14)17-12(15)16-10/h3-6H,2H2,1H3,(H4,14,15,16,17). The minimum atomic E-state index is -0.683. The highest BCUT2D eigenvalue weighted by Gasteiger charge is 2.13. The van der Waals surface area contributed by atoms with Crippen LogP contribution in [0.25, 0.3) is 11.3 Å². The summed E-state index contributed by atoms with van der Waals surface area (Å²) in [4.78, 5) is 7.42. The van der Waals surface area contributed by atoms with Crippen molar-refractivity contribution in [2.24, 2.45) is 0 Å². The van der Waals surface area contributed by atoms with Gasteiger partial charge in [0.1, 0.15) is 11.4 Å². The molecule has 0 amide bonds. The number of halogens is 1. The van der Waals surface area contributed by atoms with Crippen LogP contribution in [0.5, 0.6) is 5.75 Å². The number of nitrogens with two attached hydrogens (primary N) is 2. The van der Waals surface area contributed by atoms with E-state index in [2.05, 4.69) is 9.97 Å². The van der Waals surface area contributed by atoms with Crippen molar-refractivity contribution in [1.82, 2.24) is 9.97 Å². The smallest absolute Gasteiger partial charge is 0.222 e. The van der Waals surface area contributed by atoms with Gasteiger partial charge < -0.3 is 16.2 Å². The summed E-state index contributed by atoms with van der Waals surface area (Å²) < 4.78 is 19.2. The topological polar surface area (TPSA) is 87.0 Å². The molecule has 6 heteroatoms. The van der Waals surface area contributed by atoms with Gasteiger partial charge in [0.15, 0.2) is 11.6 Å². The molecule has 1 aromatic heterocycles. The molecule has 0 bridgehead atoms. The predicted molar refractivity (Wildman–Crippen MR) is 67.4 cm³/mol. The minimum absolute atomic E-state index is 0.0642. The number of hydrogen-bond donors (Lipinski definition) is 2. The normalized spacial score (nSPS) is 10.3. The van der Waals surface area contributed by atoms with Gasteiger partial charge in [0, 0.05) is 5.56 Å². The maximum Gasteiger partial charge on any atom is 0.222 e. The Morgan fingerprint density at radius 2 is 2.06 bits per heavy atom. The zero-order valence-corrected chi connectivity index (χ0v) is 9.85. The Morgan fingerprint density at radius 1 is 1.28 bits per heavy atom. The molecular weight excluding hydrogens is 235 g/mol. The number of anilines is 2. The van der Waals surface area contributed by atoms with Crippen LogP contribution in [0.4, 0.5) is 16.2 Å². The molecule has 94 valence electrons. The molecule has 0 atom stereocenters. The lowest BCUT2D eigenvalue weighted by molar-refractivity contribution is 0.340. The van der Waals surface area contributed by atoms with E-state index in [9.17, 15) is 4.39 Å². The first-order chi connectivity index (χ1) is 8.61. The van der Waals surface area contributed by atoms with Crippen LogP contribution in [0.15, 0.2) is 24.3 Å². The highest BCUT2D eigenvalue weighted by atomic mass is 19.1. The first kappa shape index (κ1) is 12.1. The highest BCUT2D eigenvalue weighted by molar-refractivity contribution is 5.65. The van der Waals surface area contributed by atoms with E-state index in [1.54, 1.807) is 24.3 Å². The van der Waals surface area contributed by atoms with Crippen molar-refractivity contribution >= 4 is 11.8 Å². The lowest BCUT2D eigenvalue weighted by Crippen LogP contribution is -2.05.